The van der Waals surface area contributed by atoms with E-state index in [1.165, 1.54) is 4.90 Å². The minimum absolute atomic E-state index is 0.184. The molecule has 1 amide bonds. The number of carbonyl (C=O) groups excluding carboxylic acids is 4. The van der Waals surface area contributed by atoms with Crippen LogP contribution >= 0.6 is 0 Å². The van der Waals surface area contributed by atoms with Crippen molar-refractivity contribution in [3.63, 3.8) is 0 Å². The molecule has 4 saturated carbocycles. The van der Waals surface area contributed by atoms with Crippen LogP contribution in [0.3, 0.4) is 0 Å². The average Bonchev–Trinajstić information content (AvgIpc) is 3.42. The van der Waals surface area contributed by atoms with E-state index in [0.717, 1.165) is 12.8 Å². The molecule has 8 atom stereocenters. The fourth-order valence-corrected chi connectivity index (χ4v) is 8.59. The van der Waals surface area contributed by atoms with Gasteiger partial charge < -0.3 is 19.1 Å². The summed E-state index contributed by atoms with van der Waals surface area (Å²) < 4.78 is 74.9. The number of likely N-dealkylation sites (tertiary alicyclic amines) is 1. The van der Waals surface area contributed by atoms with Gasteiger partial charge >= 0.3 is 27.3 Å². The Bertz CT molecular complexity index is 1240. The normalized spacial score (nSPS) is 42.4. The summed E-state index contributed by atoms with van der Waals surface area (Å²) in [7, 11) is -5.84. The van der Waals surface area contributed by atoms with E-state index in [2.05, 4.69) is 4.74 Å². The van der Waals surface area contributed by atoms with Crippen molar-refractivity contribution in [3.8, 4) is 0 Å². The molecular formula is C25H31F2NO10S. The quantitative estimate of drug-likeness (QED) is 0.363. The molecule has 0 radical (unpaired) electrons. The Morgan fingerprint density at radius 3 is 2.28 bits per heavy atom. The number of ether oxygens (including phenoxy) is 3. The molecule has 7 aliphatic rings. The summed E-state index contributed by atoms with van der Waals surface area (Å²) in [5.74, 6) is -4.72. The predicted molar refractivity (Wildman–Crippen MR) is 124 cm³/mol. The number of halogens is 2. The maximum Gasteiger partial charge on any atom is 0.402 e. The number of Topliss-reactive ketones (excluding diaryl/α,β-unsaturated/α-hetero) is 1. The Morgan fingerprint density at radius 2 is 1.72 bits per heavy atom. The Morgan fingerprint density at radius 1 is 1.10 bits per heavy atom. The molecule has 3 aliphatic heterocycles. The predicted octanol–water partition coefficient (Wildman–Crippen LogP) is 1.34. The van der Waals surface area contributed by atoms with Crippen LogP contribution in [0.1, 0.15) is 52.9 Å². The van der Waals surface area contributed by atoms with Gasteiger partial charge in [0.25, 0.3) is 0 Å². The van der Waals surface area contributed by atoms with Crippen LogP contribution in [-0.4, -0.2) is 83.3 Å². The van der Waals surface area contributed by atoms with E-state index in [1.807, 2.05) is 0 Å². The van der Waals surface area contributed by atoms with Crippen molar-refractivity contribution in [2.75, 3.05) is 6.61 Å². The molecule has 7 rings (SSSR count). The van der Waals surface area contributed by atoms with E-state index >= 15 is 0 Å². The molecule has 1 N–H and O–H groups in total. The molecule has 39 heavy (non-hydrogen) atoms. The van der Waals surface area contributed by atoms with E-state index in [1.54, 1.807) is 20.8 Å². The first-order valence-electron chi connectivity index (χ1n) is 13.2. The van der Waals surface area contributed by atoms with Crippen molar-refractivity contribution in [2.24, 2.45) is 35.0 Å². The zero-order valence-corrected chi connectivity index (χ0v) is 22.5. The van der Waals surface area contributed by atoms with Crippen LogP contribution in [-0.2, 0) is 43.5 Å². The molecule has 3 heterocycles. The molecule has 3 saturated heterocycles. The topological polar surface area (TPSA) is 154 Å². The first kappa shape index (κ1) is 27.0. The fourth-order valence-electron chi connectivity index (χ4n) is 8.38. The largest absolute Gasteiger partial charge is 0.458 e. The summed E-state index contributed by atoms with van der Waals surface area (Å²) in [6.07, 6.45) is -0.215. The highest BCUT2D eigenvalue weighted by Crippen LogP contribution is 2.60. The van der Waals surface area contributed by atoms with Gasteiger partial charge in [0.15, 0.2) is 12.7 Å². The minimum Gasteiger partial charge on any atom is -0.458 e. The second-order valence-corrected chi connectivity index (χ2v) is 14.7. The Hall–Kier alpha value is -2.19. The molecule has 4 aliphatic carbocycles. The number of rotatable bonds is 6. The molecule has 7 fully saturated rings. The minimum atomic E-state index is -5.84. The SMILES string of the molecule is CC(C)(C)N1C(=O)C2C3OC(C(OC(=O)C45CC6CC(C4)C(=O)C(C6)C5)C31)C2C(=O)OCC(F)(F)S(=O)(=O)O. The van der Waals surface area contributed by atoms with Crippen molar-refractivity contribution in [2.45, 2.75) is 88.0 Å². The zero-order chi connectivity index (χ0) is 28.4. The van der Waals surface area contributed by atoms with Gasteiger partial charge in [-0.2, -0.15) is 17.2 Å². The first-order valence-corrected chi connectivity index (χ1v) is 14.6. The standard InChI is InChI=1S/C25H31F2NO10S/c1-23(2,3)28-15-17-13(20(28)30)14(21(31)36-9-25(26,27)39(33,34)35)18(37-17)19(15)38-22(32)24-6-10-4-11(7-24)16(29)12(5-10)8-24/h10-15,17-19H,4-9H2,1-3H3,(H,33,34,35). The number of amides is 1. The molecule has 8 unspecified atom stereocenters. The molecule has 216 valence electrons. The molecule has 0 aromatic heterocycles. The van der Waals surface area contributed by atoms with Gasteiger partial charge in [-0.25, -0.2) is 0 Å². The van der Waals surface area contributed by atoms with Crippen molar-refractivity contribution >= 4 is 33.7 Å². The van der Waals surface area contributed by atoms with Crippen LogP contribution in [0.5, 0.6) is 0 Å². The third kappa shape index (κ3) is 3.80. The molecular weight excluding hydrogens is 544 g/mol. The maximum atomic E-state index is 13.8. The highest BCUT2D eigenvalue weighted by Gasteiger charge is 2.74. The van der Waals surface area contributed by atoms with Crippen LogP contribution in [0.25, 0.3) is 0 Å². The summed E-state index contributed by atoms with van der Waals surface area (Å²) in [4.78, 5) is 54.5. The molecule has 6 bridgehead atoms. The zero-order valence-electron chi connectivity index (χ0n) is 21.7. The van der Waals surface area contributed by atoms with Gasteiger partial charge in [-0.15, -0.1) is 0 Å². The first-order chi connectivity index (χ1) is 17.9. The number of hydrogen-bond donors (Lipinski definition) is 1. The van der Waals surface area contributed by atoms with Gasteiger partial charge in [-0.05, 0) is 58.8 Å². The second kappa shape index (κ2) is 8.19. The van der Waals surface area contributed by atoms with Gasteiger partial charge in [-0.1, -0.05) is 0 Å². The van der Waals surface area contributed by atoms with Crippen LogP contribution in [0, 0.1) is 35.0 Å². The van der Waals surface area contributed by atoms with E-state index < -0.39 is 87.0 Å². The number of nitrogens with zero attached hydrogens (tertiary/aromatic N) is 1. The van der Waals surface area contributed by atoms with Crippen molar-refractivity contribution in [1.82, 2.24) is 4.90 Å². The lowest BCUT2D eigenvalue weighted by Gasteiger charge is -2.54. The number of fused-ring (bicyclic) bond motifs is 1. The molecule has 0 spiro atoms. The number of alkyl halides is 2. The lowest BCUT2D eigenvalue weighted by Crippen LogP contribution is -2.58. The van der Waals surface area contributed by atoms with Crippen LogP contribution in [0.2, 0.25) is 0 Å². The van der Waals surface area contributed by atoms with Crippen molar-refractivity contribution < 1.29 is 55.1 Å². The monoisotopic (exact) mass is 575 g/mol. The van der Waals surface area contributed by atoms with Gasteiger partial charge in [-0.3, -0.25) is 23.7 Å². The summed E-state index contributed by atoms with van der Waals surface area (Å²) in [5, 5.41) is -4.75. The fraction of sp³-hybridized carbons (Fsp3) is 0.840. The van der Waals surface area contributed by atoms with Crippen molar-refractivity contribution in [3.05, 3.63) is 0 Å². The highest BCUT2D eigenvalue weighted by molar-refractivity contribution is 7.86. The lowest BCUT2D eigenvalue weighted by atomic mass is 9.49. The van der Waals surface area contributed by atoms with Crippen LogP contribution in [0.15, 0.2) is 0 Å². The summed E-state index contributed by atoms with van der Waals surface area (Å²) >= 11 is 0. The maximum absolute atomic E-state index is 13.8. The third-order valence-electron chi connectivity index (χ3n) is 9.65. The van der Waals surface area contributed by atoms with Gasteiger partial charge in [0.2, 0.25) is 5.91 Å². The number of esters is 2. The van der Waals surface area contributed by atoms with E-state index in [0.29, 0.717) is 19.3 Å². The van der Waals surface area contributed by atoms with Crippen LogP contribution < -0.4 is 0 Å². The summed E-state index contributed by atoms with van der Waals surface area (Å²) in [5.41, 5.74) is -1.60. The van der Waals surface area contributed by atoms with Gasteiger partial charge in [0.05, 0.1) is 23.5 Å². The van der Waals surface area contributed by atoms with Gasteiger partial charge in [0, 0.05) is 17.4 Å². The second-order valence-electron chi connectivity index (χ2n) is 13.1. The Kier molecular flexibility index (Phi) is 5.67. The van der Waals surface area contributed by atoms with E-state index in [9.17, 15) is 36.4 Å². The average molecular weight is 576 g/mol. The Balaban J connectivity index is 1.28. The Labute approximate surface area is 223 Å². The smallest absolute Gasteiger partial charge is 0.402 e. The van der Waals surface area contributed by atoms with Crippen molar-refractivity contribution in [1.29, 1.82) is 0 Å². The molecule has 0 aromatic rings. The van der Waals surface area contributed by atoms with E-state index in [4.69, 9.17) is 14.0 Å². The third-order valence-corrected chi connectivity index (χ3v) is 10.5. The summed E-state index contributed by atoms with van der Waals surface area (Å²) in [6.45, 7) is 3.36. The number of carbonyl (C=O) groups is 4. The van der Waals surface area contributed by atoms with E-state index in [-0.39, 0.29) is 23.5 Å². The molecule has 0 aromatic carbocycles. The van der Waals surface area contributed by atoms with Gasteiger partial charge in [0.1, 0.15) is 17.8 Å². The highest BCUT2D eigenvalue weighted by atomic mass is 32.2. The number of hydrogen-bond acceptors (Lipinski definition) is 9. The van der Waals surface area contributed by atoms with Crippen LogP contribution in [0.4, 0.5) is 8.78 Å². The number of ketones is 1. The molecule has 14 heteroatoms. The lowest BCUT2D eigenvalue weighted by molar-refractivity contribution is -0.185. The molecule has 11 nitrogen and oxygen atoms in total. The summed E-state index contributed by atoms with van der Waals surface area (Å²) in [6, 6.07) is -0.713.